The van der Waals surface area contributed by atoms with Crippen molar-refractivity contribution in [2.75, 3.05) is 0 Å². The first-order valence-corrected chi connectivity index (χ1v) is 8.45. The second kappa shape index (κ2) is 5.37. The summed E-state index contributed by atoms with van der Waals surface area (Å²) in [7, 11) is -1.50. The number of rotatable bonds is 1. The van der Waals surface area contributed by atoms with Crippen molar-refractivity contribution in [2.45, 2.75) is 52.4 Å². The number of fused-ring (bicyclic) bond motifs is 3. The highest BCUT2D eigenvalue weighted by atomic mass is 16.4. The van der Waals surface area contributed by atoms with Gasteiger partial charge in [-0.1, -0.05) is 53.7 Å². The van der Waals surface area contributed by atoms with Crippen molar-refractivity contribution < 1.29 is 10.0 Å². The molecule has 0 bridgehead atoms. The van der Waals surface area contributed by atoms with Crippen molar-refractivity contribution in [1.29, 1.82) is 0 Å². The van der Waals surface area contributed by atoms with Gasteiger partial charge < -0.3 is 15.0 Å². The van der Waals surface area contributed by atoms with Gasteiger partial charge in [-0.05, 0) is 40.2 Å². The highest BCUT2D eigenvalue weighted by Crippen LogP contribution is 2.33. The van der Waals surface area contributed by atoms with Gasteiger partial charge in [-0.25, -0.2) is 0 Å². The molecule has 3 aromatic rings. The number of H-pyrrole nitrogens is 1. The topological polar surface area (TPSA) is 56.2 Å². The highest BCUT2D eigenvalue weighted by molar-refractivity contribution is 6.62. The number of aromatic amines is 1. The fourth-order valence-electron chi connectivity index (χ4n) is 3.13. The van der Waals surface area contributed by atoms with E-state index < -0.39 is 7.12 Å². The van der Waals surface area contributed by atoms with Gasteiger partial charge in [0, 0.05) is 27.3 Å². The molecule has 0 aliphatic rings. The largest absolute Gasteiger partial charge is 0.490 e. The average Bonchev–Trinajstić information content (AvgIpc) is 2.81. The van der Waals surface area contributed by atoms with Crippen LogP contribution < -0.4 is 5.46 Å². The summed E-state index contributed by atoms with van der Waals surface area (Å²) in [6, 6.07) is 10.5. The van der Waals surface area contributed by atoms with E-state index in [1.54, 1.807) is 0 Å². The van der Waals surface area contributed by atoms with Gasteiger partial charge in [0.25, 0.3) is 0 Å². The molecule has 0 amide bonds. The van der Waals surface area contributed by atoms with Crippen LogP contribution in [0.3, 0.4) is 0 Å². The summed E-state index contributed by atoms with van der Waals surface area (Å²) in [6.07, 6.45) is 0. The number of hydrogen-bond acceptors (Lipinski definition) is 2. The van der Waals surface area contributed by atoms with Gasteiger partial charge in [0.15, 0.2) is 0 Å². The summed E-state index contributed by atoms with van der Waals surface area (Å²) in [6.45, 7) is 13.0. The first kappa shape index (κ1) is 17.1. The smallest absolute Gasteiger partial charge is 0.423 e. The predicted molar refractivity (Wildman–Crippen MR) is 103 cm³/mol. The van der Waals surface area contributed by atoms with E-state index in [9.17, 15) is 10.0 Å². The molecule has 1 aromatic heterocycles. The molecule has 126 valence electrons. The molecule has 3 N–H and O–H groups in total. The van der Waals surface area contributed by atoms with E-state index in [0.717, 1.165) is 27.4 Å². The van der Waals surface area contributed by atoms with E-state index in [1.807, 2.05) is 6.07 Å². The van der Waals surface area contributed by atoms with Crippen molar-refractivity contribution in [3.05, 3.63) is 41.5 Å². The standard InChI is InChI=1S/C20H26BNO2/c1-19(2,3)12-7-8-17-14(9-12)15-10-13(20(4,5)6)11-16(21(23)24)18(15)22-17/h7-11,22-24H,1-6H3. The summed E-state index contributed by atoms with van der Waals surface area (Å²) < 4.78 is 0. The Balaban J connectivity index is 2.41. The number of hydrogen-bond donors (Lipinski definition) is 3. The average molecular weight is 323 g/mol. The summed E-state index contributed by atoms with van der Waals surface area (Å²) >= 11 is 0. The molecule has 24 heavy (non-hydrogen) atoms. The Bertz CT molecular complexity index is 911. The zero-order chi connectivity index (χ0) is 17.9. The van der Waals surface area contributed by atoms with Gasteiger partial charge >= 0.3 is 7.12 Å². The molecule has 0 saturated carbocycles. The first-order chi connectivity index (χ1) is 11.0. The molecule has 0 aliphatic carbocycles. The number of nitrogens with one attached hydrogen (secondary N) is 1. The molecule has 4 heteroatoms. The second-order valence-corrected chi connectivity index (χ2v) is 8.75. The third-order valence-corrected chi connectivity index (χ3v) is 4.75. The van der Waals surface area contributed by atoms with Crippen LogP contribution in [0.15, 0.2) is 30.3 Å². The van der Waals surface area contributed by atoms with Gasteiger partial charge in [-0.2, -0.15) is 0 Å². The molecule has 2 aromatic carbocycles. The normalized spacial score (nSPS) is 13.0. The SMILES string of the molecule is CC(C)(C)c1ccc2[nH]c3c(B(O)O)cc(C(C)(C)C)cc3c2c1. The van der Waals surface area contributed by atoms with Crippen molar-refractivity contribution >= 4 is 34.4 Å². The van der Waals surface area contributed by atoms with Gasteiger partial charge in [0.1, 0.15) is 0 Å². The monoisotopic (exact) mass is 323 g/mol. The lowest BCUT2D eigenvalue weighted by Gasteiger charge is -2.21. The molecule has 0 fully saturated rings. The Hall–Kier alpha value is -1.78. The first-order valence-electron chi connectivity index (χ1n) is 8.45. The quantitative estimate of drug-likeness (QED) is 0.599. The summed E-state index contributed by atoms with van der Waals surface area (Å²) in [5, 5.41) is 21.9. The van der Waals surface area contributed by atoms with Crippen molar-refractivity contribution in [2.24, 2.45) is 0 Å². The molecule has 3 rings (SSSR count). The van der Waals surface area contributed by atoms with Gasteiger partial charge in [0.2, 0.25) is 0 Å². The minimum absolute atomic E-state index is 0.0664. The fourth-order valence-corrected chi connectivity index (χ4v) is 3.13. The van der Waals surface area contributed by atoms with Crippen LogP contribution in [-0.4, -0.2) is 22.2 Å². The Morgan fingerprint density at radius 2 is 1.38 bits per heavy atom. The Morgan fingerprint density at radius 3 is 1.92 bits per heavy atom. The minimum atomic E-state index is -1.50. The third-order valence-electron chi connectivity index (χ3n) is 4.75. The maximum absolute atomic E-state index is 9.86. The molecule has 0 aliphatic heterocycles. The van der Waals surface area contributed by atoms with Crippen LogP contribution in [0.1, 0.15) is 52.7 Å². The predicted octanol–water partition coefficient (Wildman–Crippen LogP) is 3.60. The number of aromatic nitrogens is 1. The van der Waals surface area contributed by atoms with Gasteiger partial charge in [-0.3, -0.25) is 0 Å². The summed E-state index contributed by atoms with van der Waals surface area (Å²) in [5.41, 5.74) is 4.72. The number of benzene rings is 2. The van der Waals surface area contributed by atoms with E-state index >= 15 is 0 Å². The van der Waals surface area contributed by atoms with Crippen molar-refractivity contribution in [3.8, 4) is 0 Å². The summed E-state index contributed by atoms with van der Waals surface area (Å²) in [4.78, 5) is 3.37. The zero-order valence-corrected chi connectivity index (χ0v) is 15.4. The van der Waals surface area contributed by atoms with Crippen LogP contribution in [0, 0.1) is 0 Å². The maximum atomic E-state index is 9.86. The molecule has 0 radical (unpaired) electrons. The highest BCUT2D eigenvalue weighted by Gasteiger charge is 2.24. The molecule has 1 heterocycles. The third kappa shape index (κ3) is 2.85. The van der Waals surface area contributed by atoms with Crippen LogP contribution in [0.2, 0.25) is 0 Å². The van der Waals surface area contributed by atoms with Gasteiger partial charge in [-0.15, -0.1) is 0 Å². The zero-order valence-electron chi connectivity index (χ0n) is 15.4. The second-order valence-electron chi connectivity index (χ2n) is 8.75. The van der Waals surface area contributed by atoms with Crippen molar-refractivity contribution in [3.63, 3.8) is 0 Å². The maximum Gasteiger partial charge on any atom is 0.490 e. The van der Waals surface area contributed by atoms with Crippen LogP contribution in [0.4, 0.5) is 0 Å². The lowest BCUT2D eigenvalue weighted by Crippen LogP contribution is -2.32. The summed E-state index contributed by atoms with van der Waals surface area (Å²) in [5.74, 6) is 0. The lowest BCUT2D eigenvalue weighted by atomic mass is 9.74. The fraction of sp³-hybridized carbons (Fsp3) is 0.400. The van der Waals surface area contributed by atoms with Crippen LogP contribution >= 0.6 is 0 Å². The molecular formula is C20H26BNO2. The molecule has 0 unspecified atom stereocenters. The lowest BCUT2D eigenvalue weighted by molar-refractivity contribution is 0.426. The van der Waals surface area contributed by atoms with Crippen molar-refractivity contribution in [1.82, 2.24) is 4.98 Å². The van der Waals surface area contributed by atoms with Crippen LogP contribution in [0.5, 0.6) is 0 Å². The molecule has 0 spiro atoms. The molecule has 3 nitrogen and oxygen atoms in total. The van der Waals surface area contributed by atoms with Gasteiger partial charge in [0.05, 0.1) is 0 Å². The Kier molecular flexibility index (Phi) is 3.81. The van der Waals surface area contributed by atoms with Crippen LogP contribution in [-0.2, 0) is 10.8 Å². The van der Waals surface area contributed by atoms with E-state index in [1.165, 1.54) is 5.56 Å². The van der Waals surface area contributed by atoms with E-state index in [2.05, 4.69) is 70.8 Å². The Morgan fingerprint density at radius 1 is 0.792 bits per heavy atom. The molecule has 0 atom stereocenters. The van der Waals surface area contributed by atoms with E-state index in [4.69, 9.17) is 0 Å². The molecular weight excluding hydrogens is 297 g/mol. The minimum Gasteiger partial charge on any atom is -0.423 e. The van der Waals surface area contributed by atoms with E-state index in [-0.39, 0.29) is 10.8 Å². The Labute approximate surface area is 143 Å². The van der Waals surface area contributed by atoms with E-state index in [0.29, 0.717) is 5.46 Å². The van der Waals surface area contributed by atoms with Crippen LogP contribution in [0.25, 0.3) is 21.8 Å². The molecule has 0 saturated heterocycles.